The van der Waals surface area contributed by atoms with Gasteiger partial charge in [-0.25, -0.2) is 13.6 Å². The molecule has 0 saturated carbocycles. The normalized spacial score (nSPS) is 11.9. The Labute approximate surface area is 149 Å². The fraction of sp³-hybridized carbons (Fsp3) is 0.143. The van der Waals surface area contributed by atoms with Gasteiger partial charge in [-0.2, -0.15) is 13.2 Å². The van der Waals surface area contributed by atoms with Crippen molar-refractivity contribution in [2.24, 2.45) is 0 Å². The average Bonchev–Trinajstić information content (AvgIpc) is 3.02. The number of amides is 1. The standard InChI is InChI=1S/C14H6F5N3O4S/c15-9(16)11-21-22-13(27-11)20-10(24)7-8(23)5-2-1-4(14(17,18)19)3-6(5)26-12(7)25/h1-3,9,23H,(H,20,22,24). The molecule has 0 aliphatic rings. The number of nitrogens with one attached hydrogen (secondary N) is 1. The van der Waals surface area contributed by atoms with Gasteiger partial charge >= 0.3 is 11.8 Å². The van der Waals surface area contributed by atoms with Gasteiger partial charge in [0.25, 0.3) is 12.3 Å². The fourth-order valence-corrected chi connectivity index (χ4v) is 2.69. The molecule has 3 rings (SSSR count). The topological polar surface area (TPSA) is 105 Å². The summed E-state index contributed by atoms with van der Waals surface area (Å²) >= 11 is 0.341. The number of nitrogens with zero attached hydrogens (tertiary/aromatic N) is 2. The van der Waals surface area contributed by atoms with E-state index >= 15 is 0 Å². The van der Waals surface area contributed by atoms with Gasteiger partial charge in [-0.1, -0.05) is 11.3 Å². The van der Waals surface area contributed by atoms with Crippen LogP contribution in [0.5, 0.6) is 5.75 Å². The lowest BCUT2D eigenvalue weighted by Gasteiger charge is -2.09. The zero-order chi connectivity index (χ0) is 19.9. The van der Waals surface area contributed by atoms with Crippen LogP contribution in [0.3, 0.4) is 0 Å². The van der Waals surface area contributed by atoms with Crippen molar-refractivity contribution in [3.63, 3.8) is 0 Å². The van der Waals surface area contributed by atoms with Gasteiger partial charge in [-0.05, 0) is 18.2 Å². The predicted octanol–water partition coefficient (Wildman–Crippen LogP) is 3.56. The third-order valence-electron chi connectivity index (χ3n) is 3.28. The molecule has 0 fully saturated rings. The summed E-state index contributed by atoms with van der Waals surface area (Å²) in [5.41, 5.74) is -4.05. The van der Waals surface area contributed by atoms with E-state index in [1.807, 2.05) is 5.32 Å². The van der Waals surface area contributed by atoms with Crippen LogP contribution < -0.4 is 10.9 Å². The highest BCUT2D eigenvalue weighted by Crippen LogP contribution is 2.34. The SMILES string of the molecule is O=C(Nc1nnc(C(F)F)s1)c1c(O)c2ccc(C(F)(F)F)cc2oc1=O. The van der Waals surface area contributed by atoms with Crippen molar-refractivity contribution in [3.8, 4) is 5.75 Å². The molecule has 2 heterocycles. The third kappa shape index (κ3) is 3.58. The molecule has 0 bridgehead atoms. The van der Waals surface area contributed by atoms with Gasteiger partial charge in [-0.15, -0.1) is 10.2 Å². The highest BCUT2D eigenvalue weighted by molar-refractivity contribution is 7.15. The van der Waals surface area contributed by atoms with Crippen LogP contribution >= 0.6 is 11.3 Å². The molecule has 0 aliphatic carbocycles. The largest absolute Gasteiger partial charge is 0.506 e. The highest BCUT2D eigenvalue weighted by Gasteiger charge is 2.32. The number of carbonyl (C=O) groups is 1. The number of carbonyl (C=O) groups excluding carboxylic acids is 1. The minimum Gasteiger partial charge on any atom is -0.506 e. The van der Waals surface area contributed by atoms with Crippen molar-refractivity contribution in [2.45, 2.75) is 12.6 Å². The Bertz CT molecular complexity index is 1090. The second-order valence-electron chi connectivity index (χ2n) is 5.02. The molecule has 0 radical (unpaired) electrons. The molecule has 1 amide bonds. The molecule has 27 heavy (non-hydrogen) atoms. The monoisotopic (exact) mass is 407 g/mol. The summed E-state index contributed by atoms with van der Waals surface area (Å²) < 4.78 is 67.8. The van der Waals surface area contributed by atoms with Crippen molar-refractivity contribution in [3.05, 3.63) is 44.8 Å². The molecule has 13 heteroatoms. The second kappa shape index (κ2) is 6.57. The number of fused-ring (bicyclic) bond motifs is 1. The molecular formula is C14H6F5N3O4S. The van der Waals surface area contributed by atoms with Gasteiger partial charge < -0.3 is 9.52 Å². The van der Waals surface area contributed by atoms with E-state index in [1.165, 1.54) is 0 Å². The fourth-order valence-electron chi connectivity index (χ4n) is 2.09. The Morgan fingerprint density at radius 2 is 1.96 bits per heavy atom. The molecule has 0 atom stereocenters. The molecule has 7 nitrogen and oxygen atoms in total. The van der Waals surface area contributed by atoms with Gasteiger partial charge in [0.1, 0.15) is 11.3 Å². The van der Waals surface area contributed by atoms with Gasteiger partial charge in [-0.3, -0.25) is 10.1 Å². The van der Waals surface area contributed by atoms with E-state index < -0.39 is 51.6 Å². The van der Waals surface area contributed by atoms with Crippen LogP contribution in [-0.2, 0) is 6.18 Å². The number of alkyl halides is 5. The van der Waals surface area contributed by atoms with Gasteiger partial charge in [0.2, 0.25) is 5.13 Å². The zero-order valence-corrected chi connectivity index (χ0v) is 13.5. The zero-order valence-electron chi connectivity index (χ0n) is 12.7. The Hall–Kier alpha value is -3.09. The van der Waals surface area contributed by atoms with Crippen LogP contribution in [0.1, 0.15) is 27.4 Å². The summed E-state index contributed by atoms with van der Waals surface area (Å²) in [4.78, 5) is 24.1. The molecular weight excluding hydrogens is 401 g/mol. The van der Waals surface area contributed by atoms with E-state index in [-0.39, 0.29) is 10.5 Å². The molecule has 0 saturated heterocycles. The minimum absolute atomic E-state index is 0.321. The molecule has 142 valence electrons. The smallest absolute Gasteiger partial charge is 0.416 e. The number of aromatic nitrogens is 2. The molecule has 2 N–H and O–H groups in total. The summed E-state index contributed by atoms with van der Waals surface area (Å²) in [6, 6.07) is 1.95. The molecule has 0 spiro atoms. The summed E-state index contributed by atoms with van der Waals surface area (Å²) in [5, 5.41) is 17.1. The maximum absolute atomic E-state index is 12.7. The average molecular weight is 407 g/mol. The van der Waals surface area contributed by atoms with E-state index in [9.17, 15) is 36.6 Å². The van der Waals surface area contributed by atoms with Crippen LogP contribution in [0.4, 0.5) is 27.1 Å². The summed E-state index contributed by atoms with van der Waals surface area (Å²) in [5.74, 6) is -2.17. The number of benzene rings is 1. The molecule has 2 aromatic heterocycles. The Morgan fingerprint density at radius 3 is 2.56 bits per heavy atom. The van der Waals surface area contributed by atoms with E-state index in [0.29, 0.717) is 23.5 Å². The first-order chi connectivity index (χ1) is 12.6. The van der Waals surface area contributed by atoms with E-state index in [4.69, 9.17) is 0 Å². The lowest BCUT2D eigenvalue weighted by Crippen LogP contribution is -2.21. The number of hydrogen-bond acceptors (Lipinski definition) is 7. The third-order valence-corrected chi connectivity index (χ3v) is 4.13. The summed E-state index contributed by atoms with van der Waals surface area (Å²) in [7, 11) is 0. The molecule has 3 aromatic rings. The first kappa shape index (κ1) is 18.7. The van der Waals surface area contributed by atoms with Crippen molar-refractivity contribution in [1.82, 2.24) is 10.2 Å². The molecule has 0 unspecified atom stereocenters. The van der Waals surface area contributed by atoms with Crippen molar-refractivity contribution in [1.29, 1.82) is 0 Å². The maximum atomic E-state index is 12.7. The van der Waals surface area contributed by atoms with Crippen molar-refractivity contribution >= 4 is 33.3 Å². The molecule has 0 aliphatic heterocycles. The van der Waals surface area contributed by atoms with Gasteiger partial charge in [0, 0.05) is 0 Å². The van der Waals surface area contributed by atoms with Crippen LogP contribution in [0.2, 0.25) is 0 Å². The first-order valence-corrected chi connectivity index (χ1v) is 7.69. The number of aromatic hydroxyl groups is 1. The van der Waals surface area contributed by atoms with E-state index in [0.717, 1.165) is 6.07 Å². The summed E-state index contributed by atoms with van der Waals surface area (Å²) in [6.45, 7) is 0. The van der Waals surface area contributed by atoms with Crippen molar-refractivity contribution in [2.75, 3.05) is 5.32 Å². The minimum atomic E-state index is -4.71. The van der Waals surface area contributed by atoms with Crippen LogP contribution in [-0.4, -0.2) is 21.2 Å². The number of rotatable bonds is 3. The quantitative estimate of drug-likeness (QED) is 0.508. The molecule has 1 aromatic carbocycles. The highest BCUT2D eigenvalue weighted by atomic mass is 32.1. The number of anilines is 1. The summed E-state index contributed by atoms with van der Waals surface area (Å²) in [6.07, 6.45) is -7.63. The Morgan fingerprint density at radius 1 is 1.26 bits per heavy atom. The lowest BCUT2D eigenvalue weighted by molar-refractivity contribution is -0.137. The van der Waals surface area contributed by atoms with Gasteiger partial charge in [0.15, 0.2) is 10.6 Å². The Kier molecular flexibility index (Phi) is 4.55. The van der Waals surface area contributed by atoms with Crippen LogP contribution in [0, 0.1) is 0 Å². The number of hydrogen-bond donors (Lipinski definition) is 2. The lowest BCUT2D eigenvalue weighted by atomic mass is 10.1. The maximum Gasteiger partial charge on any atom is 0.416 e. The first-order valence-electron chi connectivity index (χ1n) is 6.88. The van der Waals surface area contributed by atoms with E-state index in [2.05, 4.69) is 14.6 Å². The Balaban J connectivity index is 2.01. The van der Waals surface area contributed by atoms with Crippen LogP contribution in [0.25, 0.3) is 11.0 Å². The van der Waals surface area contributed by atoms with E-state index in [1.54, 1.807) is 0 Å². The van der Waals surface area contributed by atoms with Crippen LogP contribution in [0.15, 0.2) is 27.4 Å². The predicted molar refractivity (Wildman–Crippen MR) is 82.0 cm³/mol. The van der Waals surface area contributed by atoms with Gasteiger partial charge in [0.05, 0.1) is 10.9 Å². The second-order valence-corrected chi connectivity index (χ2v) is 6.03. The number of halogens is 5. The van der Waals surface area contributed by atoms with Crippen molar-refractivity contribution < 1.29 is 36.3 Å².